The zero-order chi connectivity index (χ0) is 43.8. The van der Waals surface area contributed by atoms with Crippen LogP contribution in [0.5, 0.6) is 0 Å². The lowest BCUT2D eigenvalue weighted by molar-refractivity contribution is 1.11. The average Bonchev–Trinajstić information content (AvgIpc) is 3.93. The molecule has 0 bridgehead atoms. The summed E-state index contributed by atoms with van der Waals surface area (Å²) in [6.07, 6.45) is 0. The summed E-state index contributed by atoms with van der Waals surface area (Å²) in [5.41, 5.74) is 19.0. The third kappa shape index (κ3) is 7.05. The Labute approximate surface area is 384 Å². The van der Waals surface area contributed by atoms with Gasteiger partial charge in [0.1, 0.15) is 0 Å². The predicted octanol–water partition coefficient (Wildman–Crippen LogP) is 16.4. The van der Waals surface area contributed by atoms with E-state index in [1.165, 1.54) is 11.1 Å². The fraction of sp³-hybridized carbons (Fsp3) is 0. The number of benzene rings is 10. The topological polar surface area (TPSA) is 28.7 Å². The number of rotatable bonds is 10. The summed E-state index contributed by atoms with van der Waals surface area (Å²) in [5.74, 6) is 0.909. The van der Waals surface area contributed by atoms with Crippen molar-refractivity contribution in [3.8, 4) is 39.1 Å². The lowest BCUT2D eigenvalue weighted by Gasteiger charge is -2.26. The van der Waals surface area contributed by atoms with Gasteiger partial charge in [0.2, 0.25) is 5.78 Å². The molecule has 312 valence electrons. The highest BCUT2D eigenvalue weighted by atomic mass is 15.2. The Bertz CT molecular complexity index is 3540. The maximum Gasteiger partial charge on any atom is 0.220 e. The molecule has 12 aromatic rings. The molecule has 2 aromatic heterocycles. The predicted molar refractivity (Wildman–Crippen MR) is 275 cm³/mol. The molecule has 12 rings (SSSR count). The number of imidazole rings is 2. The summed E-state index contributed by atoms with van der Waals surface area (Å²) in [5, 5.41) is 0. The molecule has 2 heterocycles. The second-order valence-electron chi connectivity index (χ2n) is 16.5. The van der Waals surface area contributed by atoms with Crippen molar-refractivity contribution in [2.45, 2.75) is 0 Å². The molecule has 0 radical (unpaired) electrons. The molecule has 0 aliphatic carbocycles. The molecule has 0 aliphatic heterocycles. The molecule has 0 saturated heterocycles. The Morgan fingerprint density at radius 1 is 0.258 bits per heavy atom. The minimum atomic E-state index is 0.909. The van der Waals surface area contributed by atoms with E-state index in [-0.39, 0.29) is 0 Å². The highest BCUT2D eigenvalue weighted by Crippen LogP contribution is 2.40. The van der Waals surface area contributed by atoms with E-state index in [1.807, 2.05) is 6.07 Å². The number of aromatic nitrogens is 3. The standard InChI is InChI=1S/C61H43N5/c1-4-14-44(15-5-1)45-24-34-53(35-25-45)64(54-38-28-47(29-39-54)46-26-36-52(37-27-46)63(50-16-6-2-7-17-50)51-18-8-3-9-19-51)55-40-30-48(31-41-55)49-32-42-56(43-33-49)65-59-22-12-13-23-60(59)66-58-21-11-10-20-57(58)62-61(65)66/h1-43H. The van der Waals surface area contributed by atoms with E-state index < -0.39 is 0 Å². The summed E-state index contributed by atoms with van der Waals surface area (Å²) < 4.78 is 4.52. The summed E-state index contributed by atoms with van der Waals surface area (Å²) in [6, 6.07) is 92.9. The van der Waals surface area contributed by atoms with Gasteiger partial charge in [-0.25, -0.2) is 4.98 Å². The molecular weight excluding hydrogens is 803 g/mol. The normalized spacial score (nSPS) is 11.3. The summed E-state index contributed by atoms with van der Waals surface area (Å²) >= 11 is 0. The van der Waals surface area contributed by atoms with Gasteiger partial charge in [0.05, 0.1) is 22.1 Å². The van der Waals surface area contributed by atoms with E-state index in [1.54, 1.807) is 0 Å². The average molecular weight is 846 g/mol. The molecule has 0 saturated carbocycles. The van der Waals surface area contributed by atoms with Gasteiger partial charge >= 0.3 is 0 Å². The van der Waals surface area contributed by atoms with Crippen molar-refractivity contribution >= 4 is 62.0 Å². The van der Waals surface area contributed by atoms with Crippen molar-refractivity contribution in [2.75, 3.05) is 9.80 Å². The van der Waals surface area contributed by atoms with Crippen LogP contribution in [0.2, 0.25) is 0 Å². The van der Waals surface area contributed by atoms with Crippen LogP contribution in [-0.4, -0.2) is 14.0 Å². The number of fused-ring (bicyclic) bond motifs is 5. The van der Waals surface area contributed by atoms with Gasteiger partial charge in [-0.15, -0.1) is 0 Å². The van der Waals surface area contributed by atoms with Crippen LogP contribution in [-0.2, 0) is 0 Å². The Balaban J connectivity index is 0.857. The highest BCUT2D eigenvalue weighted by Gasteiger charge is 2.18. The van der Waals surface area contributed by atoms with Gasteiger partial charge in [0, 0.05) is 39.8 Å². The highest BCUT2D eigenvalue weighted by molar-refractivity contribution is 5.92. The maximum atomic E-state index is 5.07. The van der Waals surface area contributed by atoms with Gasteiger partial charge in [-0.2, -0.15) is 0 Å². The number of anilines is 6. The first-order valence-corrected chi connectivity index (χ1v) is 22.4. The lowest BCUT2D eigenvalue weighted by Crippen LogP contribution is -2.10. The van der Waals surface area contributed by atoms with Gasteiger partial charge in [0.25, 0.3) is 0 Å². The quantitative estimate of drug-likeness (QED) is 0.137. The third-order valence-corrected chi connectivity index (χ3v) is 12.5. The van der Waals surface area contributed by atoms with Crippen LogP contribution in [0.4, 0.5) is 34.1 Å². The number of nitrogens with zero attached hydrogens (tertiary/aromatic N) is 5. The molecule has 66 heavy (non-hydrogen) atoms. The molecule has 5 heteroatoms. The van der Waals surface area contributed by atoms with E-state index in [9.17, 15) is 0 Å². The second-order valence-corrected chi connectivity index (χ2v) is 16.5. The van der Waals surface area contributed by atoms with Crippen molar-refractivity contribution in [2.24, 2.45) is 0 Å². The van der Waals surface area contributed by atoms with Gasteiger partial charge in [-0.05, 0) is 143 Å². The van der Waals surface area contributed by atoms with Crippen molar-refractivity contribution in [3.05, 3.63) is 261 Å². The van der Waals surface area contributed by atoms with E-state index in [4.69, 9.17) is 4.98 Å². The molecule has 5 nitrogen and oxygen atoms in total. The fourth-order valence-corrected chi connectivity index (χ4v) is 9.30. The molecular formula is C61H43N5. The molecule has 0 amide bonds. The monoisotopic (exact) mass is 845 g/mol. The van der Waals surface area contributed by atoms with Crippen LogP contribution in [0, 0.1) is 0 Å². The Morgan fingerprint density at radius 3 is 1.02 bits per heavy atom. The third-order valence-electron chi connectivity index (χ3n) is 12.5. The fourth-order valence-electron chi connectivity index (χ4n) is 9.30. The molecule has 0 fully saturated rings. The molecule has 0 unspecified atom stereocenters. The van der Waals surface area contributed by atoms with Crippen molar-refractivity contribution < 1.29 is 0 Å². The van der Waals surface area contributed by atoms with Crippen LogP contribution in [0.1, 0.15) is 0 Å². The summed E-state index contributed by atoms with van der Waals surface area (Å²) in [7, 11) is 0. The van der Waals surface area contributed by atoms with E-state index in [0.717, 1.165) is 89.9 Å². The Kier molecular flexibility index (Phi) is 9.77. The van der Waals surface area contributed by atoms with Crippen molar-refractivity contribution in [1.82, 2.24) is 14.0 Å². The first-order valence-electron chi connectivity index (χ1n) is 22.4. The molecule has 0 atom stereocenters. The minimum Gasteiger partial charge on any atom is -0.311 e. The zero-order valence-electron chi connectivity index (χ0n) is 36.1. The van der Waals surface area contributed by atoms with Crippen LogP contribution in [0.3, 0.4) is 0 Å². The van der Waals surface area contributed by atoms with E-state index in [2.05, 4.69) is 274 Å². The minimum absolute atomic E-state index is 0.909. The SMILES string of the molecule is c1ccc(-c2ccc(N(c3ccc(-c4ccc(N(c5ccccc5)c5ccccc5)cc4)cc3)c3ccc(-c4ccc(-n5c6ccccc6n6c7ccccc7nc56)cc4)cc3)cc2)cc1. The summed E-state index contributed by atoms with van der Waals surface area (Å²) in [4.78, 5) is 9.70. The van der Waals surface area contributed by atoms with Crippen LogP contribution in [0.25, 0.3) is 66.9 Å². The number of hydrogen-bond acceptors (Lipinski definition) is 3. The lowest BCUT2D eigenvalue weighted by atomic mass is 10.0. The van der Waals surface area contributed by atoms with Gasteiger partial charge in [-0.3, -0.25) is 8.97 Å². The van der Waals surface area contributed by atoms with Gasteiger partial charge < -0.3 is 9.80 Å². The smallest absolute Gasteiger partial charge is 0.220 e. The zero-order valence-corrected chi connectivity index (χ0v) is 36.1. The Morgan fingerprint density at radius 2 is 0.576 bits per heavy atom. The second kappa shape index (κ2) is 16.6. The molecule has 0 N–H and O–H groups in total. The van der Waals surface area contributed by atoms with Crippen molar-refractivity contribution in [1.29, 1.82) is 0 Å². The maximum absolute atomic E-state index is 5.07. The number of hydrogen-bond donors (Lipinski definition) is 0. The van der Waals surface area contributed by atoms with Crippen LogP contribution < -0.4 is 9.80 Å². The van der Waals surface area contributed by atoms with Gasteiger partial charge in [-0.1, -0.05) is 152 Å². The van der Waals surface area contributed by atoms with Crippen LogP contribution >= 0.6 is 0 Å². The molecule has 0 aliphatic rings. The summed E-state index contributed by atoms with van der Waals surface area (Å²) in [6.45, 7) is 0. The van der Waals surface area contributed by atoms with E-state index in [0.29, 0.717) is 0 Å². The molecule has 10 aromatic carbocycles. The van der Waals surface area contributed by atoms with E-state index >= 15 is 0 Å². The largest absolute Gasteiger partial charge is 0.311 e. The Hall–Kier alpha value is -8.93. The first-order chi connectivity index (χ1) is 32.7. The molecule has 0 spiro atoms. The first kappa shape index (κ1) is 38.7. The van der Waals surface area contributed by atoms with Gasteiger partial charge in [0.15, 0.2) is 0 Å². The van der Waals surface area contributed by atoms with Crippen molar-refractivity contribution in [3.63, 3.8) is 0 Å². The number of para-hydroxylation sites is 6. The van der Waals surface area contributed by atoms with Crippen LogP contribution in [0.15, 0.2) is 261 Å².